The lowest BCUT2D eigenvalue weighted by Gasteiger charge is -2.34. The Morgan fingerprint density at radius 3 is 2.88 bits per heavy atom. The van der Waals surface area contributed by atoms with Gasteiger partial charge in [0.1, 0.15) is 22.8 Å². The minimum Gasteiger partial charge on any atom is -0.497 e. The van der Waals surface area contributed by atoms with E-state index in [0.29, 0.717) is 35.8 Å². The highest BCUT2D eigenvalue weighted by Crippen LogP contribution is 2.36. The molecule has 2 aromatic rings. The van der Waals surface area contributed by atoms with E-state index in [1.807, 2.05) is 24.3 Å². The number of carbonyl (C=O) groups is 1. The third kappa shape index (κ3) is 4.03. The van der Waals surface area contributed by atoms with E-state index >= 15 is 0 Å². The lowest BCUT2D eigenvalue weighted by molar-refractivity contribution is -0.124. The molecule has 132 valence electrons. The Morgan fingerprint density at radius 1 is 1.24 bits per heavy atom. The molecule has 0 aromatic heterocycles. The van der Waals surface area contributed by atoms with Gasteiger partial charge in [-0.2, -0.15) is 0 Å². The van der Waals surface area contributed by atoms with Gasteiger partial charge in [-0.1, -0.05) is 24.3 Å². The second-order valence-corrected chi connectivity index (χ2v) is 5.87. The molecule has 0 radical (unpaired) electrons. The molecule has 0 bridgehead atoms. The number of rotatable bonds is 6. The number of aliphatic hydroxyl groups is 1. The minimum absolute atomic E-state index is 0.105. The van der Waals surface area contributed by atoms with Crippen LogP contribution in [0.1, 0.15) is 12.0 Å². The van der Waals surface area contributed by atoms with E-state index in [4.69, 9.17) is 14.2 Å². The van der Waals surface area contributed by atoms with E-state index in [1.165, 1.54) is 0 Å². The molecular formula is C19H21NO5. The van der Waals surface area contributed by atoms with Gasteiger partial charge in [0.15, 0.2) is 6.61 Å². The van der Waals surface area contributed by atoms with Crippen molar-refractivity contribution in [2.24, 2.45) is 0 Å². The minimum atomic E-state index is -1.14. The first-order valence-electron chi connectivity index (χ1n) is 8.09. The van der Waals surface area contributed by atoms with E-state index in [-0.39, 0.29) is 19.1 Å². The van der Waals surface area contributed by atoms with Gasteiger partial charge in [0.05, 0.1) is 20.3 Å². The number of amides is 1. The Morgan fingerprint density at radius 2 is 2.04 bits per heavy atom. The largest absolute Gasteiger partial charge is 0.497 e. The monoisotopic (exact) mass is 343 g/mol. The van der Waals surface area contributed by atoms with Crippen molar-refractivity contribution >= 4 is 5.91 Å². The molecule has 0 spiro atoms. The fourth-order valence-electron chi connectivity index (χ4n) is 2.76. The molecule has 6 heteroatoms. The summed E-state index contributed by atoms with van der Waals surface area (Å²) in [5.41, 5.74) is -0.448. The highest BCUT2D eigenvalue weighted by molar-refractivity contribution is 5.77. The van der Waals surface area contributed by atoms with E-state index in [1.54, 1.807) is 31.4 Å². The summed E-state index contributed by atoms with van der Waals surface area (Å²) in [6.45, 7) is 0.374. The van der Waals surface area contributed by atoms with Gasteiger partial charge < -0.3 is 24.6 Å². The maximum Gasteiger partial charge on any atom is 0.258 e. The predicted octanol–water partition coefficient (Wildman–Crippen LogP) is 1.86. The maximum atomic E-state index is 12.1. The van der Waals surface area contributed by atoms with Crippen LogP contribution in [0.2, 0.25) is 0 Å². The summed E-state index contributed by atoms with van der Waals surface area (Å²) in [5, 5.41) is 13.6. The second kappa shape index (κ2) is 7.44. The van der Waals surface area contributed by atoms with Crippen LogP contribution in [-0.2, 0) is 10.4 Å². The predicted molar refractivity (Wildman–Crippen MR) is 91.9 cm³/mol. The van der Waals surface area contributed by atoms with Crippen LogP contribution in [0.3, 0.4) is 0 Å². The number of benzene rings is 2. The number of hydrogen-bond acceptors (Lipinski definition) is 5. The van der Waals surface area contributed by atoms with Crippen molar-refractivity contribution in [2.45, 2.75) is 12.0 Å². The second-order valence-electron chi connectivity index (χ2n) is 5.87. The number of carbonyl (C=O) groups excluding carboxylic acids is 1. The van der Waals surface area contributed by atoms with Crippen molar-refractivity contribution in [2.75, 3.05) is 26.9 Å². The molecule has 2 aromatic carbocycles. The highest BCUT2D eigenvalue weighted by atomic mass is 16.5. The van der Waals surface area contributed by atoms with Crippen LogP contribution in [-0.4, -0.2) is 37.9 Å². The van der Waals surface area contributed by atoms with Crippen LogP contribution in [0.5, 0.6) is 17.2 Å². The molecule has 1 aliphatic rings. The summed E-state index contributed by atoms with van der Waals surface area (Å²) in [6, 6.07) is 14.4. The summed E-state index contributed by atoms with van der Waals surface area (Å²) in [4.78, 5) is 12.1. The smallest absolute Gasteiger partial charge is 0.258 e. The summed E-state index contributed by atoms with van der Waals surface area (Å²) in [7, 11) is 1.57. The van der Waals surface area contributed by atoms with Gasteiger partial charge in [-0.05, 0) is 18.2 Å². The van der Waals surface area contributed by atoms with Crippen molar-refractivity contribution in [1.29, 1.82) is 0 Å². The van der Waals surface area contributed by atoms with Crippen molar-refractivity contribution < 1.29 is 24.1 Å². The van der Waals surface area contributed by atoms with Crippen LogP contribution >= 0.6 is 0 Å². The molecule has 25 heavy (non-hydrogen) atoms. The summed E-state index contributed by atoms with van der Waals surface area (Å²) >= 11 is 0. The van der Waals surface area contributed by atoms with Gasteiger partial charge in [0.25, 0.3) is 5.91 Å². The lowest BCUT2D eigenvalue weighted by Crippen LogP contribution is -2.45. The van der Waals surface area contributed by atoms with Gasteiger partial charge in [0, 0.05) is 18.1 Å². The standard InChI is InChI=1S/C19H21NO5/c1-23-14-5-4-6-15(11-14)25-12-18(21)20-13-19(22)9-10-24-17-8-3-2-7-16(17)19/h2-8,11,22H,9-10,12-13H2,1H3,(H,20,21). The number of ether oxygens (including phenoxy) is 3. The van der Waals surface area contributed by atoms with E-state index < -0.39 is 5.60 Å². The Hall–Kier alpha value is -2.73. The Labute approximate surface area is 146 Å². The van der Waals surface area contributed by atoms with Gasteiger partial charge in [-0.15, -0.1) is 0 Å². The first-order valence-corrected chi connectivity index (χ1v) is 8.09. The SMILES string of the molecule is COc1cccc(OCC(=O)NCC2(O)CCOc3ccccc32)c1. The van der Waals surface area contributed by atoms with Gasteiger partial charge >= 0.3 is 0 Å². The fourth-order valence-corrected chi connectivity index (χ4v) is 2.76. The molecule has 1 heterocycles. The van der Waals surface area contributed by atoms with Gasteiger partial charge in [0.2, 0.25) is 0 Å². The van der Waals surface area contributed by atoms with E-state index in [2.05, 4.69) is 5.32 Å². The molecule has 0 saturated heterocycles. The van der Waals surface area contributed by atoms with Gasteiger partial charge in [-0.25, -0.2) is 0 Å². The maximum absolute atomic E-state index is 12.1. The number of nitrogens with one attached hydrogen (secondary N) is 1. The molecule has 1 aliphatic heterocycles. The number of para-hydroxylation sites is 1. The zero-order chi connectivity index (χ0) is 17.7. The molecule has 0 aliphatic carbocycles. The van der Waals surface area contributed by atoms with Crippen molar-refractivity contribution in [1.82, 2.24) is 5.32 Å². The van der Waals surface area contributed by atoms with Crippen molar-refractivity contribution in [3.63, 3.8) is 0 Å². The normalized spacial score (nSPS) is 18.6. The van der Waals surface area contributed by atoms with Crippen LogP contribution in [0.15, 0.2) is 48.5 Å². The lowest BCUT2D eigenvalue weighted by atomic mass is 9.88. The zero-order valence-electron chi connectivity index (χ0n) is 14.0. The van der Waals surface area contributed by atoms with Crippen LogP contribution < -0.4 is 19.5 Å². The summed E-state index contributed by atoms with van der Waals surface area (Å²) in [5.74, 6) is 1.55. The molecular weight excluding hydrogens is 322 g/mol. The molecule has 0 fully saturated rings. The molecule has 6 nitrogen and oxygen atoms in total. The Bertz CT molecular complexity index is 748. The van der Waals surface area contributed by atoms with E-state index in [0.717, 1.165) is 0 Å². The molecule has 3 rings (SSSR count). The average molecular weight is 343 g/mol. The average Bonchev–Trinajstić information content (AvgIpc) is 2.65. The topological polar surface area (TPSA) is 77.0 Å². The number of fused-ring (bicyclic) bond motifs is 1. The summed E-state index contributed by atoms with van der Waals surface area (Å²) < 4.78 is 16.1. The molecule has 1 amide bonds. The molecule has 0 saturated carbocycles. The first-order chi connectivity index (χ1) is 12.1. The molecule has 1 unspecified atom stereocenters. The summed E-state index contributed by atoms with van der Waals surface area (Å²) in [6.07, 6.45) is 0.418. The quantitative estimate of drug-likeness (QED) is 0.837. The van der Waals surface area contributed by atoms with Crippen molar-refractivity contribution in [3.8, 4) is 17.2 Å². The third-order valence-electron chi connectivity index (χ3n) is 4.15. The third-order valence-corrected chi connectivity index (χ3v) is 4.15. The highest BCUT2D eigenvalue weighted by Gasteiger charge is 2.35. The van der Waals surface area contributed by atoms with E-state index in [9.17, 15) is 9.90 Å². The van der Waals surface area contributed by atoms with Gasteiger partial charge in [-0.3, -0.25) is 4.79 Å². The zero-order valence-corrected chi connectivity index (χ0v) is 14.0. The Balaban J connectivity index is 1.55. The van der Waals surface area contributed by atoms with Crippen LogP contribution in [0.4, 0.5) is 0 Å². The number of methoxy groups -OCH3 is 1. The van der Waals surface area contributed by atoms with Crippen molar-refractivity contribution in [3.05, 3.63) is 54.1 Å². The Kier molecular flexibility index (Phi) is 5.09. The first kappa shape index (κ1) is 17.1. The fraction of sp³-hybridized carbons (Fsp3) is 0.316. The van der Waals surface area contributed by atoms with Crippen LogP contribution in [0, 0.1) is 0 Å². The number of hydrogen-bond donors (Lipinski definition) is 2. The van der Waals surface area contributed by atoms with Crippen LogP contribution in [0.25, 0.3) is 0 Å². The molecule has 1 atom stereocenters. The molecule has 2 N–H and O–H groups in total.